The van der Waals surface area contributed by atoms with Crippen LogP contribution >= 0.6 is 24.8 Å². The number of nitrogens with one attached hydrogen (secondary N) is 1. The van der Waals surface area contributed by atoms with Gasteiger partial charge in [-0.25, -0.2) is 0 Å². The van der Waals surface area contributed by atoms with Crippen molar-refractivity contribution in [1.29, 1.82) is 0 Å². The molecule has 1 aliphatic carbocycles. The lowest BCUT2D eigenvalue weighted by Gasteiger charge is -2.33. The van der Waals surface area contributed by atoms with Crippen molar-refractivity contribution < 1.29 is 4.79 Å². The number of rotatable bonds is 6. The molecule has 0 radical (unpaired) electrons. The maximum absolute atomic E-state index is 12.5. The number of amides is 1. The molecule has 142 valence electrons. The van der Waals surface area contributed by atoms with Gasteiger partial charge in [0.2, 0.25) is 5.91 Å². The summed E-state index contributed by atoms with van der Waals surface area (Å²) in [5.74, 6) is 0.828. The molecular weight excluding hydrogens is 357 g/mol. The Labute approximate surface area is 163 Å². The van der Waals surface area contributed by atoms with Gasteiger partial charge in [0, 0.05) is 31.7 Å². The summed E-state index contributed by atoms with van der Waals surface area (Å²) >= 11 is 0. The third-order valence-corrected chi connectivity index (χ3v) is 5.28. The fourth-order valence-corrected chi connectivity index (χ4v) is 3.39. The molecule has 3 rings (SSSR count). The number of benzene rings is 1. The first kappa shape index (κ1) is 22.2. The second-order valence-electron chi connectivity index (χ2n) is 7.25. The number of nitrogens with zero attached hydrogens (tertiary/aromatic N) is 1. The van der Waals surface area contributed by atoms with E-state index in [2.05, 4.69) is 10.2 Å². The van der Waals surface area contributed by atoms with E-state index in [9.17, 15) is 4.79 Å². The molecule has 1 amide bonds. The monoisotopic (exact) mass is 387 g/mol. The molecule has 1 heterocycles. The molecular formula is C19H31Cl2N3O. The van der Waals surface area contributed by atoms with Crippen LogP contribution in [0.25, 0.3) is 0 Å². The number of likely N-dealkylation sites (tertiary alicyclic amines) is 1. The van der Waals surface area contributed by atoms with Crippen molar-refractivity contribution in [1.82, 2.24) is 10.2 Å². The topological polar surface area (TPSA) is 58.4 Å². The average Bonchev–Trinajstić information content (AvgIpc) is 3.40. The van der Waals surface area contributed by atoms with Crippen LogP contribution in [0.2, 0.25) is 0 Å². The second-order valence-corrected chi connectivity index (χ2v) is 7.25. The minimum atomic E-state index is -0.244. The molecule has 1 saturated heterocycles. The summed E-state index contributed by atoms with van der Waals surface area (Å²) in [5, 5.41) is 3.21. The molecule has 0 bridgehead atoms. The van der Waals surface area contributed by atoms with Crippen LogP contribution in [-0.4, -0.2) is 36.5 Å². The lowest BCUT2D eigenvalue weighted by molar-refractivity contribution is -0.126. The summed E-state index contributed by atoms with van der Waals surface area (Å²) in [7, 11) is 0. The van der Waals surface area contributed by atoms with Gasteiger partial charge in [-0.2, -0.15) is 0 Å². The van der Waals surface area contributed by atoms with Crippen LogP contribution < -0.4 is 11.1 Å². The highest BCUT2D eigenvalue weighted by molar-refractivity contribution is 5.85. The van der Waals surface area contributed by atoms with E-state index in [4.69, 9.17) is 5.73 Å². The third kappa shape index (κ3) is 6.45. The lowest BCUT2D eigenvalue weighted by Crippen LogP contribution is -2.47. The van der Waals surface area contributed by atoms with Gasteiger partial charge < -0.3 is 16.0 Å². The molecule has 2 atom stereocenters. The molecule has 6 heteroatoms. The highest BCUT2D eigenvalue weighted by Crippen LogP contribution is 2.30. The molecule has 2 unspecified atom stereocenters. The van der Waals surface area contributed by atoms with E-state index >= 15 is 0 Å². The Morgan fingerprint density at radius 2 is 1.76 bits per heavy atom. The van der Waals surface area contributed by atoms with Gasteiger partial charge in [0.25, 0.3) is 0 Å². The first-order valence-corrected chi connectivity index (χ1v) is 8.96. The van der Waals surface area contributed by atoms with Gasteiger partial charge in [0.05, 0.1) is 5.92 Å². The predicted molar refractivity (Wildman–Crippen MR) is 107 cm³/mol. The Kier molecular flexibility index (Phi) is 9.22. The molecule has 2 fully saturated rings. The van der Waals surface area contributed by atoms with E-state index in [0.717, 1.165) is 37.4 Å². The molecule has 1 aromatic carbocycles. The number of nitrogens with two attached hydrogens (primary N) is 1. The van der Waals surface area contributed by atoms with Crippen LogP contribution in [-0.2, 0) is 4.79 Å². The van der Waals surface area contributed by atoms with E-state index in [1.54, 1.807) is 0 Å². The average molecular weight is 388 g/mol. The van der Waals surface area contributed by atoms with Crippen LogP contribution in [0.5, 0.6) is 0 Å². The van der Waals surface area contributed by atoms with Crippen LogP contribution in [0.15, 0.2) is 30.3 Å². The number of hydrogen-bond acceptors (Lipinski definition) is 3. The standard InChI is InChI=1S/C19H29N3O.2ClH/c1-14(18(20)16-5-3-2-4-6-16)19(23)21-17-9-11-22(12-10-17)13-15-7-8-15;;/h2-6,14-15,17-18H,7-13,20H2,1H3,(H,21,23);2*1H. The number of hydrogen-bond donors (Lipinski definition) is 2. The molecule has 1 aromatic rings. The van der Waals surface area contributed by atoms with Crippen LogP contribution in [0.3, 0.4) is 0 Å². The second kappa shape index (κ2) is 10.4. The Balaban J connectivity index is 0.00000156. The van der Waals surface area contributed by atoms with Gasteiger partial charge in [-0.3, -0.25) is 4.79 Å². The Morgan fingerprint density at radius 1 is 1.16 bits per heavy atom. The maximum atomic E-state index is 12.5. The molecule has 3 N–H and O–H groups in total. The summed E-state index contributed by atoms with van der Waals surface area (Å²) in [6.45, 7) is 5.41. The largest absolute Gasteiger partial charge is 0.353 e. The van der Waals surface area contributed by atoms with Crippen molar-refractivity contribution in [3.05, 3.63) is 35.9 Å². The molecule has 2 aliphatic rings. The zero-order valence-corrected chi connectivity index (χ0v) is 16.5. The molecule has 4 nitrogen and oxygen atoms in total. The highest BCUT2D eigenvalue weighted by atomic mass is 35.5. The van der Waals surface area contributed by atoms with E-state index in [-0.39, 0.29) is 42.7 Å². The van der Waals surface area contributed by atoms with Crippen molar-refractivity contribution in [2.24, 2.45) is 17.6 Å². The van der Waals surface area contributed by atoms with Crippen molar-refractivity contribution in [3.63, 3.8) is 0 Å². The smallest absolute Gasteiger partial charge is 0.224 e. The lowest BCUT2D eigenvalue weighted by atomic mass is 9.94. The van der Waals surface area contributed by atoms with Crippen LogP contribution in [0.4, 0.5) is 0 Å². The van der Waals surface area contributed by atoms with E-state index in [1.165, 1.54) is 19.4 Å². The first-order valence-electron chi connectivity index (χ1n) is 8.96. The minimum absolute atomic E-state index is 0. The Hall–Kier alpha value is -0.810. The van der Waals surface area contributed by atoms with Gasteiger partial charge in [0.1, 0.15) is 0 Å². The van der Waals surface area contributed by atoms with Crippen molar-refractivity contribution >= 4 is 30.7 Å². The third-order valence-electron chi connectivity index (χ3n) is 5.28. The van der Waals surface area contributed by atoms with Crippen molar-refractivity contribution in [2.45, 2.75) is 44.7 Å². The number of halogens is 2. The summed E-state index contributed by atoms with van der Waals surface area (Å²) in [6, 6.07) is 9.95. The van der Waals surface area contributed by atoms with Gasteiger partial charge in [-0.15, -0.1) is 24.8 Å². The molecule has 0 aromatic heterocycles. The summed E-state index contributed by atoms with van der Waals surface area (Å²) in [4.78, 5) is 15.0. The zero-order chi connectivity index (χ0) is 16.2. The summed E-state index contributed by atoms with van der Waals surface area (Å²) in [6.07, 6.45) is 4.94. The Bertz CT molecular complexity index is 517. The van der Waals surface area contributed by atoms with Gasteiger partial charge in [0.15, 0.2) is 0 Å². The maximum Gasteiger partial charge on any atom is 0.224 e. The Morgan fingerprint density at radius 3 is 2.32 bits per heavy atom. The minimum Gasteiger partial charge on any atom is -0.353 e. The number of carbonyl (C=O) groups is 1. The van der Waals surface area contributed by atoms with Gasteiger partial charge in [-0.1, -0.05) is 37.3 Å². The zero-order valence-electron chi connectivity index (χ0n) is 14.9. The van der Waals surface area contributed by atoms with E-state index in [0.29, 0.717) is 6.04 Å². The van der Waals surface area contributed by atoms with Crippen molar-refractivity contribution in [2.75, 3.05) is 19.6 Å². The molecule has 1 saturated carbocycles. The number of piperidine rings is 1. The number of carbonyl (C=O) groups excluding carboxylic acids is 1. The van der Waals surface area contributed by atoms with Gasteiger partial charge >= 0.3 is 0 Å². The first-order chi connectivity index (χ1) is 11.1. The highest BCUT2D eigenvalue weighted by Gasteiger charge is 2.29. The molecule has 0 spiro atoms. The van der Waals surface area contributed by atoms with Crippen LogP contribution in [0.1, 0.15) is 44.2 Å². The summed E-state index contributed by atoms with van der Waals surface area (Å²) < 4.78 is 0. The SMILES string of the molecule is CC(C(=O)NC1CCN(CC2CC2)CC1)C(N)c1ccccc1.Cl.Cl. The predicted octanol–water partition coefficient (Wildman–Crippen LogP) is 3.16. The van der Waals surface area contributed by atoms with Crippen molar-refractivity contribution in [3.8, 4) is 0 Å². The summed E-state index contributed by atoms with van der Waals surface area (Å²) in [5.41, 5.74) is 7.28. The fraction of sp³-hybridized carbons (Fsp3) is 0.632. The van der Waals surface area contributed by atoms with E-state index in [1.807, 2.05) is 37.3 Å². The quantitative estimate of drug-likeness (QED) is 0.787. The molecule has 25 heavy (non-hydrogen) atoms. The van der Waals surface area contributed by atoms with Gasteiger partial charge in [-0.05, 0) is 37.2 Å². The molecule has 1 aliphatic heterocycles. The van der Waals surface area contributed by atoms with E-state index < -0.39 is 0 Å². The fourth-order valence-electron chi connectivity index (χ4n) is 3.39. The van der Waals surface area contributed by atoms with Crippen LogP contribution in [0, 0.1) is 11.8 Å². The normalized spacial score (nSPS) is 20.7.